The smallest absolute Gasteiger partial charge is 0.0833 e. The summed E-state index contributed by atoms with van der Waals surface area (Å²) in [5.74, 6) is 2.68. The lowest BCUT2D eigenvalue weighted by Gasteiger charge is -2.49. The summed E-state index contributed by atoms with van der Waals surface area (Å²) in [6.07, 6.45) is 8.88. The molecule has 3 aliphatic rings. The van der Waals surface area contributed by atoms with Gasteiger partial charge in [0, 0.05) is 51.2 Å². The number of ether oxygens (including phenoxy) is 1. The van der Waals surface area contributed by atoms with Crippen molar-refractivity contribution >= 4 is 11.8 Å². The Kier molecular flexibility index (Phi) is 5.42. The number of piperidine rings is 1. The minimum atomic E-state index is 0.123. The van der Waals surface area contributed by atoms with Crippen LogP contribution >= 0.6 is 11.8 Å². The molecular weight excluding hydrogens is 318 g/mol. The molecule has 0 unspecified atom stereocenters. The number of hydrogen-bond acceptors (Lipinski definition) is 5. The van der Waals surface area contributed by atoms with Gasteiger partial charge in [-0.2, -0.15) is 11.8 Å². The Morgan fingerprint density at radius 3 is 2.62 bits per heavy atom. The van der Waals surface area contributed by atoms with E-state index < -0.39 is 0 Å². The van der Waals surface area contributed by atoms with E-state index in [0.717, 1.165) is 45.4 Å². The van der Waals surface area contributed by atoms with E-state index in [9.17, 15) is 0 Å². The maximum Gasteiger partial charge on any atom is 0.0833 e. The molecule has 3 aliphatic heterocycles. The van der Waals surface area contributed by atoms with Crippen LogP contribution in [0.3, 0.4) is 0 Å². The molecule has 0 N–H and O–H groups in total. The van der Waals surface area contributed by atoms with Gasteiger partial charge in [-0.25, -0.2) is 0 Å². The van der Waals surface area contributed by atoms with Crippen molar-refractivity contribution in [1.82, 2.24) is 14.8 Å². The highest BCUT2D eigenvalue weighted by atomic mass is 32.2. The first kappa shape index (κ1) is 16.8. The molecule has 1 aromatic heterocycles. The van der Waals surface area contributed by atoms with E-state index in [2.05, 4.69) is 38.7 Å². The van der Waals surface area contributed by atoms with E-state index in [1.165, 1.54) is 42.8 Å². The zero-order chi connectivity index (χ0) is 16.2. The van der Waals surface area contributed by atoms with Crippen LogP contribution in [0.4, 0.5) is 0 Å². The third-order valence-corrected chi connectivity index (χ3v) is 6.96. The van der Waals surface area contributed by atoms with E-state index in [0.29, 0.717) is 0 Å². The SMILES string of the molecule is c1cc(CN2CCC3(CC2)CN(C2CCSCC2)CCO3)ccn1. The second-order valence-corrected chi connectivity index (χ2v) is 8.70. The predicted molar refractivity (Wildman–Crippen MR) is 99.4 cm³/mol. The number of likely N-dealkylation sites (tertiary alicyclic amines) is 1. The highest BCUT2D eigenvalue weighted by Crippen LogP contribution is 2.33. The van der Waals surface area contributed by atoms with E-state index in [1.54, 1.807) is 0 Å². The van der Waals surface area contributed by atoms with E-state index in [1.807, 2.05) is 12.4 Å². The molecule has 5 heteroatoms. The van der Waals surface area contributed by atoms with Crippen molar-refractivity contribution in [2.24, 2.45) is 0 Å². The Hall–Kier alpha value is -0.620. The number of aromatic nitrogens is 1. The molecule has 4 nitrogen and oxygen atoms in total. The Bertz CT molecular complexity index is 513. The monoisotopic (exact) mass is 347 g/mol. The van der Waals surface area contributed by atoms with Gasteiger partial charge >= 0.3 is 0 Å². The molecule has 0 atom stereocenters. The van der Waals surface area contributed by atoms with Crippen LogP contribution in [-0.2, 0) is 11.3 Å². The topological polar surface area (TPSA) is 28.6 Å². The van der Waals surface area contributed by atoms with Crippen molar-refractivity contribution in [3.63, 3.8) is 0 Å². The highest BCUT2D eigenvalue weighted by Gasteiger charge is 2.41. The summed E-state index contributed by atoms with van der Waals surface area (Å²) in [5, 5.41) is 0. The minimum Gasteiger partial charge on any atom is -0.372 e. The number of thioether (sulfide) groups is 1. The number of nitrogens with zero attached hydrogens (tertiary/aromatic N) is 3. The summed E-state index contributed by atoms with van der Waals surface area (Å²) in [4.78, 5) is 9.44. The van der Waals surface area contributed by atoms with Gasteiger partial charge in [0.15, 0.2) is 0 Å². The van der Waals surface area contributed by atoms with E-state index in [-0.39, 0.29) is 5.60 Å². The van der Waals surface area contributed by atoms with Gasteiger partial charge < -0.3 is 4.74 Å². The van der Waals surface area contributed by atoms with Crippen LogP contribution in [-0.4, -0.2) is 70.7 Å². The molecule has 3 saturated heterocycles. The summed E-state index contributed by atoms with van der Waals surface area (Å²) in [7, 11) is 0. The average molecular weight is 348 g/mol. The molecule has 3 fully saturated rings. The fourth-order valence-electron chi connectivity index (χ4n) is 4.40. The molecule has 132 valence electrons. The number of hydrogen-bond donors (Lipinski definition) is 0. The zero-order valence-corrected chi connectivity index (χ0v) is 15.3. The van der Waals surface area contributed by atoms with Crippen LogP contribution in [0.5, 0.6) is 0 Å². The Morgan fingerprint density at radius 2 is 1.88 bits per heavy atom. The van der Waals surface area contributed by atoms with Crippen molar-refractivity contribution < 1.29 is 4.74 Å². The van der Waals surface area contributed by atoms with Crippen LogP contribution in [0, 0.1) is 0 Å². The maximum absolute atomic E-state index is 6.34. The summed E-state index contributed by atoms with van der Waals surface area (Å²) >= 11 is 2.12. The van der Waals surface area contributed by atoms with Gasteiger partial charge in [0.05, 0.1) is 12.2 Å². The Labute approximate surface area is 149 Å². The quantitative estimate of drug-likeness (QED) is 0.838. The molecule has 1 aromatic rings. The van der Waals surface area contributed by atoms with Crippen molar-refractivity contribution in [1.29, 1.82) is 0 Å². The molecule has 0 aromatic carbocycles. The first-order chi connectivity index (χ1) is 11.8. The molecular formula is C19H29N3OS. The van der Waals surface area contributed by atoms with Gasteiger partial charge in [0.2, 0.25) is 0 Å². The Morgan fingerprint density at radius 1 is 1.12 bits per heavy atom. The van der Waals surface area contributed by atoms with Crippen LogP contribution in [0.1, 0.15) is 31.2 Å². The molecule has 4 rings (SSSR count). The van der Waals surface area contributed by atoms with Crippen LogP contribution in [0.15, 0.2) is 24.5 Å². The second-order valence-electron chi connectivity index (χ2n) is 7.48. The van der Waals surface area contributed by atoms with Gasteiger partial charge in [-0.05, 0) is 54.9 Å². The lowest BCUT2D eigenvalue weighted by molar-refractivity contribution is -0.144. The minimum absolute atomic E-state index is 0.123. The van der Waals surface area contributed by atoms with Crippen molar-refractivity contribution in [2.75, 3.05) is 44.3 Å². The maximum atomic E-state index is 6.34. The molecule has 1 spiro atoms. The molecule has 0 bridgehead atoms. The van der Waals surface area contributed by atoms with E-state index >= 15 is 0 Å². The first-order valence-corrected chi connectivity index (χ1v) is 10.6. The summed E-state index contributed by atoms with van der Waals surface area (Å²) in [5.41, 5.74) is 1.49. The van der Waals surface area contributed by atoms with Crippen molar-refractivity contribution in [2.45, 2.75) is 43.9 Å². The van der Waals surface area contributed by atoms with Gasteiger partial charge in [-0.1, -0.05) is 0 Å². The third kappa shape index (κ3) is 3.96. The van der Waals surface area contributed by atoms with Gasteiger partial charge in [-0.3, -0.25) is 14.8 Å². The standard InChI is InChI=1S/C19H29N3OS/c1-7-20-8-2-17(1)15-21-9-5-19(6-10-21)16-22(11-12-23-19)18-3-13-24-14-4-18/h1-2,7-8,18H,3-6,9-16H2. The molecule has 24 heavy (non-hydrogen) atoms. The highest BCUT2D eigenvalue weighted by molar-refractivity contribution is 7.99. The predicted octanol–water partition coefficient (Wildman–Crippen LogP) is 2.64. The number of morpholine rings is 1. The first-order valence-electron chi connectivity index (χ1n) is 9.40. The molecule has 0 radical (unpaired) electrons. The van der Waals surface area contributed by atoms with Crippen LogP contribution in [0.25, 0.3) is 0 Å². The fourth-order valence-corrected chi connectivity index (χ4v) is 5.49. The molecule has 0 aliphatic carbocycles. The van der Waals surface area contributed by atoms with Gasteiger partial charge in [-0.15, -0.1) is 0 Å². The molecule has 0 saturated carbocycles. The van der Waals surface area contributed by atoms with Gasteiger partial charge in [0.25, 0.3) is 0 Å². The van der Waals surface area contributed by atoms with Crippen LogP contribution in [0.2, 0.25) is 0 Å². The van der Waals surface area contributed by atoms with Crippen molar-refractivity contribution in [3.8, 4) is 0 Å². The molecule has 4 heterocycles. The van der Waals surface area contributed by atoms with Crippen molar-refractivity contribution in [3.05, 3.63) is 30.1 Å². The summed E-state index contributed by atoms with van der Waals surface area (Å²) in [6.45, 7) is 6.56. The number of rotatable bonds is 3. The van der Waals surface area contributed by atoms with Crippen LogP contribution < -0.4 is 0 Å². The average Bonchev–Trinajstić information content (AvgIpc) is 2.66. The number of pyridine rings is 1. The lowest BCUT2D eigenvalue weighted by Crippen LogP contribution is -2.59. The Balaban J connectivity index is 1.32. The largest absolute Gasteiger partial charge is 0.372 e. The fraction of sp³-hybridized carbons (Fsp3) is 0.737. The van der Waals surface area contributed by atoms with Gasteiger partial charge in [0.1, 0.15) is 0 Å². The summed E-state index contributed by atoms with van der Waals surface area (Å²) < 4.78 is 6.34. The second kappa shape index (κ2) is 7.73. The normalized spacial score (nSPS) is 26.7. The lowest BCUT2D eigenvalue weighted by atomic mass is 9.88. The third-order valence-electron chi connectivity index (χ3n) is 5.91. The summed E-state index contributed by atoms with van der Waals surface area (Å²) in [6, 6.07) is 5.07. The van der Waals surface area contributed by atoms with E-state index in [4.69, 9.17) is 4.74 Å². The zero-order valence-electron chi connectivity index (χ0n) is 14.5. The molecule has 0 amide bonds.